The first kappa shape index (κ1) is 31.1. The summed E-state index contributed by atoms with van der Waals surface area (Å²) in [6, 6.07) is 22.7. The number of piperazine rings is 1. The molecule has 1 saturated heterocycles. The second-order valence-corrected chi connectivity index (χ2v) is 12.6. The number of amides is 1. The standard InChI is InChI=1S/C33H34Cl2N4O3S/c34-25-9-7-23(8-10-25)32(41)37-30(21-24-22-31(40)36-29-6-2-1-5-28(24)29)33(42)43-20-4-3-15-38-16-18-39(19-17-38)27-13-11-26(35)12-14-27/h1-2,5-14,22,30H,3-4,15-21H2,(H,36,40)(H,37,41). The lowest BCUT2D eigenvalue weighted by Gasteiger charge is -2.36. The number of rotatable bonds is 11. The van der Waals surface area contributed by atoms with Crippen LogP contribution >= 0.6 is 35.0 Å². The monoisotopic (exact) mass is 636 g/mol. The number of fused-ring (bicyclic) bond motifs is 1. The van der Waals surface area contributed by atoms with Gasteiger partial charge in [-0.1, -0.05) is 53.2 Å². The molecule has 1 unspecified atom stereocenters. The van der Waals surface area contributed by atoms with Gasteiger partial charge in [0, 0.05) is 76.6 Å². The minimum Gasteiger partial charge on any atom is -0.369 e. The van der Waals surface area contributed by atoms with Crippen molar-refractivity contribution in [1.29, 1.82) is 0 Å². The van der Waals surface area contributed by atoms with E-state index in [0.717, 1.165) is 56.0 Å². The van der Waals surface area contributed by atoms with E-state index >= 15 is 0 Å². The van der Waals surface area contributed by atoms with Crippen LogP contribution in [0, 0.1) is 0 Å². The molecular formula is C33H34Cl2N4O3S. The van der Waals surface area contributed by atoms with E-state index in [1.807, 2.05) is 36.4 Å². The van der Waals surface area contributed by atoms with Gasteiger partial charge in [0.15, 0.2) is 0 Å². The molecule has 2 heterocycles. The van der Waals surface area contributed by atoms with Crippen LogP contribution in [-0.2, 0) is 11.2 Å². The number of aromatic amines is 1. The van der Waals surface area contributed by atoms with Crippen molar-refractivity contribution in [3.8, 4) is 0 Å². The molecule has 2 N–H and O–H groups in total. The Balaban J connectivity index is 1.15. The topological polar surface area (TPSA) is 85.5 Å². The van der Waals surface area contributed by atoms with Crippen molar-refractivity contribution >= 4 is 62.6 Å². The molecule has 1 fully saturated rings. The smallest absolute Gasteiger partial charge is 0.251 e. The summed E-state index contributed by atoms with van der Waals surface area (Å²) < 4.78 is 0. The molecule has 0 spiro atoms. The molecular weight excluding hydrogens is 603 g/mol. The number of para-hydroxylation sites is 1. The Morgan fingerprint density at radius 2 is 1.56 bits per heavy atom. The van der Waals surface area contributed by atoms with Crippen molar-refractivity contribution < 1.29 is 9.59 Å². The van der Waals surface area contributed by atoms with Crippen LogP contribution in [0.15, 0.2) is 83.7 Å². The fourth-order valence-electron chi connectivity index (χ4n) is 5.29. The van der Waals surface area contributed by atoms with Crippen LogP contribution in [0.3, 0.4) is 0 Å². The molecule has 43 heavy (non-hydrogen) atoms. The minimum atomic E-state index is -0.792. The molecule has 10 heteroatoms. The molecule has 0 radical (unpaired) electrons. The van der Waals surface area contributed by atoms with Crippen molar-refractivity contribution in [3.63, 3.8) is 0 Å². The average molecular weight is 638 g/mol. The molecule has 7 nitrogen and oxygen atoms in total. The van der Waals surface area contributed by atoms with Crippen molar-refractivity contribution in [1.82, 2.24) is 15.2 Å². The van der Waals surface area contributed by atoms with Gasteiger partial charge < -0.3 is 15.2 Å². The van der Waals surface area contributed by atoms with Crippen LogP contribution in [0.25, 0.3) is 10.9 Å². The molecule has 0 aliphatic carbocycles. The van der Waals surface area contributed by atoms with Crippen LogP contribution < -0.4 is 15.8 Å². The number of hydrogen-bond donors (Lipinski definition) is 2. The zero-order chi connectivity index (χ0) is 30.2. The number of unbranched alkanes of at least 4 members (excludes halogenated alkanes) is 1. The summed E-state index contributed by atoms with van der Waals surface area (Å²) in [7, 11) is 0. The maximum Gasteiger partial charge on any atom is 0.251 e. The summed E-state index contributed by atoms with van der Waals surface area (Å²) in [5.41, 5.74) is 2.78. The van der Waals surface area contributed by atoms with Gasteiger partial charge in [-0.05, 0) is 79.5 Å². The summed E-state index contributed by atoms with van der Waals surface area (Å²) in [6.45, 7) is 4.93. The SMILES string of the molecule is O=C(NC(Cc1cc(=O)[nH]c2ccccc12)C(=O)SCCCCN1CCN(c2ccc(Cl)cc2)CC1)c1ccc(Cl)cc1. The highest BCUT2D eigenvalue weighted by atomic mass is 35.5. The Labute approximate surface area is 265 Å². The zero-order valence-electron chi connectivity index (χ0n) is 23.7. The minimum absolute atomic E-state index is 0.122. The molecule has 1 amide bonds. The number of nitrogens with one attached hydrogen (secondary N) is 2. The molecule has 224 valence electrons. The fraction of sp³-hybridized carbons (Fsp3) is 0.303. The summed E-state index contributed by atoms with van der Waals surface area (Å²) in [5.74, 6) is 0.301. The summed E-state index contributed by atoms with van der Waals surface area (Å²) in [6.07, 6.45) is 2.09. The third-order valence-corrected chi connectivity index (χ3v) is 9.20. The summed E-state index contributed by atoms with van der Waals surface area (Å²) in [4.78, 5) is 46.6. The lowest BCUT2D eigenvalue weighted by molar-refractivity contribution is -0.112. The van der Waals surface area contributed by atoms with Gasteiger partial charge in [-0.2, -0.15) is 0 Å². The van der Waals surface area contributed by atoms with Gasteiger partial charge in [-0.25, -0.2) is 0 Å². The highest BCUT2D eigenvalue weighted by Gasteiger charge is 2.24. The first-order valence-electron chi connectivity index (χ1n) is 14.4. The van der Waals surface area contributed by atoms with Gasteiger partial charge in [0.2, 0.25) is 10.7 Å². The lowest BCUT2D eigenvalue weighted by Crippen LogP contribution is -2.46. The molecule has 0 saturated carbocycles. The van der Waals surface area contributed by atoms with Gasteiger partial charge in [0.05, 0.1) is 0 Å². The van der Waals surface area contributed by atoms with E-state index in [1.54, 1.807) is 24.3 Å². The predicted molar refractivity (Wildman–Crippen MR) is 178 cm³/mol. The number of nitrogens with zero attached hydrogens (tertiary/aromatic N) is 2. The number of aromatic nitrogens is 1. The van der Waals surface area contributed by atoms with Gasteiger partial charge in [0.25, 0.3) is 5.91 Å². The number of halogens is 2. The van der Waals surface area contributed by atoms with Crippen molar-refractivity contribution in [2.75, 3.05) is 43.4 Å². The molecule has 3 aromatic carbocycles. The molecule has 4 aromatic rings. The van der Waals surface area contributed by atoms with E-state index < -0.39 is 6.04 Å². The highest BCUT2D eigenvalue weighted by Crippen LogP contribution is 2.21. The Morgan fingerprint density at radius 3 is 2.28 bits per heavy atom. The lowest BCUT2D eigenvalue weighted by atomic mass is 10.0. The third kappa shape index (κ3) is 8.63. The van der Waals surface area contributed by atoms with Crippen LogP contribution in [0.2, 0.25) is 10.0 Å². The zero-order valence-corrected chi connectivity index (χ0v) is 26.1. The van der Waals surface area contributed by atoms with Crippen molar-refractivity contribution in [3.05, 3.63) is 110 Å². The number of anilines is 1. The summed E-state index contributed by atoms with van der Waals surface area (Å²) >= 11 is 13.3. The second-order valence-electron chi connectivity index (χ2n) is 10.6. The first-order valence-corrected chi connectivity index (χ1v) is 16.2. The normalized spacial score (nSPS) is 14.5. The van der Waals surface area contributed by atoms with E-state index in [9.17, 15) is 14.4 Å². The molecule has 1 aromatic heterocycles. The predicted octanol–water partition coefficient (Wildman–Crippen LogP) is 6.04. The number of hydrogen-bond acceptors (Lipinski definition) is 6. The Morgan fingerprint density at radius 1 is 0.884 bits per heavy atom. The quantitative estimate of drug-likeness (QED) is 0.195. The largest absolute Gasteiger partial charge is 0.369 e. The molecule has 1 aliphatic heterocycles. The molecule has 1 atom stereocenters. The maximum absolute atomic E-state index is 13.5. The van der Waals surface area contributed by atoms with Crippen molar-refractivity contribution in [2.24, 2.45) is 0 Å². The number of carbonyl (C=O) groups excluding carboxylic acids is 2. The first-order chi connectivity index (χ1) is 20.9. The second kappa shape index (κ2) is 14.9. The van der Waals surface area contributed by atoms with Gasteiger partial charge in [-0.15, -0.1) is 0 Å². The van der Waals surface area contributed by atoms with Gasteiger partial charge in [-0.3, -0.25) is 19.3 Å². The Bertz CT molecular complexity index is 1600. The van der Waals surface area contributed by atoms with Crippen LogP contribution in [0.4, 0.5) is 5.69 Å². The van der Waals surface area contributed by atoms with E-state index in [1.165, 1.54) is 23.5 Å². The maximum atomic E-state index is 13.5. The molecule has 5 rings (SSSR count). The number of pyridine rings is 1. The van der Waals surface area contributed by atoms with Crippen LogP contribution in [0.1, 0.15) is 28.8 Å². The third-order valence-electron chi connectivity index (χ3n) is 7.63. The number of H-pyrrole nitrogens is 1. The molecule has 0 bridgehead atoms. The highest BCUT2D eigenvalue weighted by molar-refractivity contribution is 8.13. The Kier molecular flexibility index (Phi) is 10.8. The number of carbonyl (C=O) groups is 2. The van der Waals surface area contributed by atoms with E-state index in [4.69, 9.17) is 23.2 Å². The van der Waals surface area contributed by atoms with Gasteiger partial charge in [0.1, 0.15) is 6.04 Å². The van der Waals surface area contributed by atoms with E-state index in [-0.39, 0.29) is 23.0 Å². The number of thioether (sulfide) groups is 1. The van der Waals surface area contributed by atoms with Crippen LogP contribution in [0.5, 0.6) is 0 Å². The van der Waals surface area contributed by atoms with E-state index in [2.05, 4.69) is 32.2 Å². The Hall–Kier alpha value is -3.30. The van der Waals surface area contributed by atoms with Crippen molar-refractivity contribution in [2.45, 2.75) is 25.3 Å². The molecule has 1 aliphatic rings. The fourth-order valence-corrected chi connectivity index (χ4v) is 6.44. The summed E-state index contributed by atoms with van der Waals surface area (Å²) in [5, 5.41) is 4.91. The van der Waals surface area contributed by atoms with Gasteiger partial charge >= 0.3 is 0 Å². The van der Waals surface area contributed by atoms with Crippen LogP contribution in [-0.4, -0.2) is 65.4 Å². The average Bonchev–Trinajstić information content (AvgIpc) is 3.01. The number of benzene rings is 3. The van der Waals surface area contributed by atoms with E-state index in [0.29, 0.717) is 27.4 Å².